The van der Waals surface area contributed by atoms with Gasteiger partial charge in [0.15, 0.2) is 0 Å². The largest absolute Gasteiger partial charge is 0.396 e. The molecule has 0 amide bonds. The highest BCUT2D eigenvalue weighted by Gasteiger charge is 2.50. The summed E-state index contributed by atoms with van der Waals surface area (Å²) in [5.74, 6) is 2.11. The minimum absolute atomic E-state index is 0.209. The Morgan fingerprint density at radius 1 is 1.21 bits per heavy atom. The van der Waals surface area contributed by atoms with E-state index >= 15 is 0 Å². The number of fused-ring (bicyclic) bond motifs is 1. The third-order valence-corrected chi connectivity index (χ3v) is 9.17. The molecule has 0 aromatic heterocycles. The average molecular weight is 459 g/mol. The molecule has 33 heavy (non-hydrogen) atoms. The summed E-state index contributed by atoms with van der Waals surface area (Å²) in [5.41, 5.74) is 5.20. The Bertz CT molecular complexity index is 740. The van der Waals surface area contributed by atoms with E-state index in [0.717, 1.165) is 44.4 Å². The fraction of sp³-hybridized carbons (Fsp3) is 0.800. The molecule has 0 aromatic rings. The molecular weight excluding hydrogens is 408 g/mol. The highest BCUT2D eigenvalue weighted by molar-refractivity contribution is 5.43. The van der Waals surface area contributed by atoms with E-state index in [1.807, 2.05) is 13.8 Å². The van der Waals surface area contributed by atoms with Crippen molar-refractivity contribution in [3.8, 4) is 0 Å². The second-order valence-corrected chi connectivity index (χ2v) is 12.3. The molecule has 3 nitrogen and oxygen atoms in total. The Balaban J connectivity index is 1.81. The maximum absolute atomic E-state index is 10.3. The molecule has 3 fully saturated rings. The molecule has 3 aliphatic rings. The van der Waals surface area contributed by atoms with Gasteiger partial charge in [-0.2, -0.15) is 0 Å². The van der Waals surface area contributed by atoms with Crippen LogP contribution in [0.4, 0.5) is 0 Å². The van der Waals surface area contributed by atoms with Crippen molar-refractivity contribution in [2.45, 2.75) is 123 Å². The van der Waals surface area contributed by atoms with Crippen molar-refractivity contribution in [2.75, 3.05) is 6.61 Å². The third-order valence-electron chi connectivity index (χ3n) is 9.17. The highest BCUT2D eigenvalue weighted by Crippen LogP contribution is 2.60. The minimum Gasteiger partial charge on any atom is -0.396 e. The van der Waals surface area contributed by atoms with Gasteiger partial charge in [0.2, 0.25) is 0 Å². The monoisotopic (exact) mass is 458 g/mol. The van der Waals surface area contributed by atoms with E-state index in [9.17, 15) is 15.3 Å². The summed E-state index contributed by atoms with van der Waals surface area (Å²) < 4.78 is 0. The molecule has 3 saturated carbocycles. The molecule has 0 radical (unpaired) electrons. The van der Waals surface area contributed by atoms with Gasteiger partial charge in [-0.3, -0.25) is 0 Å². The summed E-state index contributed by atoms with van der Waals surface area (Å²) in [6.07, 6.45) is 15.9. The van der Waals surface area contributed by atoms with Crippen LogP contribution < -0.4 is 0 Å². The van der Waals surface area contributed by atoms with E-state index in [2.05, 4.69) is 26.5 Å². The number of allylic oxidation sites excluding steroid dienone is 4. The number of aliphatic hydroxyl groups is 3. The zero-order valence-electron chi connectivity index (χ0n) is 21.8. The van der Waals surface area contributed by atoms with Crippen molar-refractivity contribution in [1.82, 2.24) is 0 Å². The van der Waals surface area contributed by atoms with Gasteiger partial charge >= 0.3 is 0 Å². The van der Waals surface area contributed by atoms with E-state index in [-0.39, 0.29) is 12.7 Å². The van der Waals surface area contributed by atoms with E-state index < -0.39 is 5.60 Å². The van der Waals surface area contributed by atoms with Crippen molar-refractivity contribution in [3.05, 3.63) is 34.9 Å². The van der Waals surface area contributed by atoms with Gasteiger partial charge in [0.25, 0.3) is 0 Å². The molecule has 0 heterocycles. The van der Waals surface area contributed by atoms with Crippen molar-refractivity contribution in [1.29, 1.82) is 0 Å². The first-order chi connectivity index (χ1) is 15.5. The number of rotatable bonds is 9. The standard InChI is InChI=1S/C30H50O3/c1-21-12-13-25(32)20-26(21)23(11-8-18-31)19-24-10-7-17-30(5)27(14-15-28(24)30)22(2)9-6-16-29(3,4)33/h19,22,25,27-28,31-33H,1,6-18,20H2,2-5H3/b24-19+,26-23-/t22-,25+,27?,28?,30-/m1/s1. The second-order valence-electron chi connectivity index (χ2n) is 12.3. The lowest BCUT2D eigenvalue weighted by Gasteiger charge is -2.44. The molecular formula is C30H50O3. The molecule has 0 saturated heterocycles. The number of aliphatic hydroxyl groups excluding tert-OH is 2. The molecule has 0 spiro atoms. The fourth-order valence-corrected chi connectivity index (χ4v) is 7.38. The topological polar surface area (TPSA) is 60.7 Å². The Labute approximate surface area is 203 Å². The quantitative estimate of drug-likeness (QED) is 0.353. The Hall–Kier alpha value is -0.900. The van der Waals surface area contributed by atoms with Gasteiger partial charge in [0, 0.05) is 6.61 Å². The van der Waals surface area contributed by atoms with E-state index in [1.165, 1.54) is 55.2 Å². The van der Waals surface area contributed by atoms with Crippen LogP contribution in [0.5, 0.6) is 0 Å². The summed E-state index contributed by atoms with van der Waals surface area (Å²) in [4.78, 5) is 0. The van der Waals surface area contributed by atoms with Crippen LogP contribution in [0, 0.1) is 23.2 Å². The molecule has 3 rings (SSSR count). The first-order valence-corrected chi connectivity index (χ1v) is 13.7. The van der Waals surface area contributed by atoms with Crippen molar-refractivity contribution in [3.63, 3.8) is 0 Å². The van der Waals surface area contributed by atoms with Gasteiger partial charge in [-0.1, -0.05) is 50.5 Å². The predicted octanol–water partition coefficient (Wildman–Crippen LogP) is 6.88. The lowest BCUT2D eigenvalue weighted by molar-refractivity contribution is 0.0596. The van der Waals surface area contributed by atoms with Crippen molar-refractivity contribution >= 4 is 0 Å². The van der Waals surface area contributed by atoms with Crippen LogP contribution in [0.1, 0.15) is 111 Å². The molecule has 0 aromatic carbocycles. The van der Waals surface area contributed by atoms with E-state index in [0.29, 0.717) is 23.7 Å². The average Bonchev–Trinajstić information content (AvgIpc) is 3.09. The van der Waals surface area contributed by atoms with Crippen molar-refractivity contribution < 1.29 is 15.3 Å². The lowest BCUT2D eigenvalue weighted by atomic mass is 9.60. The van der Waals surface area contributed by atoms with Crippen LogP contribution in [-0.2, 0) is 0 Å². The second kappa shape index (κ2) is 11.2. The van der Waals surface area contributed by atoms with Crippen LogP contribution in [0.15, 0.2) is 34.9 Å². The smallest absolute Gasteiger partial charge is 0.0591 e. The summed E-state index contributed by atoms with van der Waals surface area (Å²) in [6.45, 7) is 13.4. The summed E-state index contributed by atoms with van der Waals surface area (Å²) in [5, 5.41) is 29.9. The zero-order valence-corrected chi connectivity index (χ0v) is 21.8. The summed E-state index contributed by atoms with van der Waals surface area (Å²) in [7, 11) is 0. The van der Waals surface area contributed by atoms with Gasteiger partial charge in [-0.05, 0) is 119 Å². The fourth-order valence-electron chi connectivity index (χ4n) is 7.38. The molecule has 3 heteroatoms. The van der Waals surface area contributed by atoms with Gasteiger partial charge in [0.1, 0.15) is 0 Å². The number of hydrogen-bond donors (Lipinski definition) is 3. The van der Waals surface area contributed by atoms with E-state index in [4.69, 9.17) is 0 Å². The Kier molecular flexibility index (Phi) is 9.08. The van der Waals surface area contributed by atoms with Gasteiger partial charge < -0.3 is 15.3 Å². The van der Waals surface area contributed by atoms with Crippen LogP contribution >= 0.6 is 0 Å². The highest BCUT2D eigenvalue weighted by atomic mass is 16.3. The van der Waals surface area contributed by atoms with Crippen LogP contribution in [0.2, 0.25) is 0 Å². The molecule has 3 N–H and O–H groups in total. The minimum atomic E-state index is -0.558. The predicted molar refractivity (Wildman–Crippen MR) is 138 cm³/mol. The maximum Gasteiger partial charge on any atom is 0.0591 e. The van der Waals surface area contributed by atoms with Crippen LogP contribution in [-0.4, -0.2) is 33.6 Å². The normalized spacial score (nSPS) is 34.5. The molecule has 0 aliphatic heterocycles. The SMILES string of the molecule is C=C1CC[C@H](O)C/C1=C(/C=C1\CCC[C@@]2(C)C1CCC2[C@H](C)CCCC(C)(C)O)CCCO. The Morgan fingerprint density at radius 3 is 2.67 bits per heavy atom. The lowest BCUT2D eigenvalue weighted by Crippen LogP contribution is -2.36. The third kappa shape index (κ3) is 6.61. The van der Waals surface area contributed by atoms with E-state index in [1.54, 1.807) is 5.57 Å². The van der Waals surface area contributed by atoms with Gasteiger partial charge in [-0.25, -0.2) is 0 Å². The summed E-state index contributed by atoms with van der Waals surface area (Å²) >= 11 is 0. The maximum atomic E-state index is 10.3. The molecule has 188 valence electrons. The van der Waals surface area contributed by atoms with Crippen LogP contribution in [0.3, 0.4) is 0 Å². The first kappa shape index (κ1) is 26.7. The van der Waals surface area contributed by atoms with Crippen LogP contribution in [0.25, 0.3) is 0 Å². The Morgan fingerprint density at radius 2 is 1.97 bits per heavy atom. The zero-order chi connectivity index (χ0) is 24.2. The molecule has 3 aliphatic carbocycles. The summed E-state index contributed by atoms with van der Waals surface area (Å²) in [6, 6.07) is 0. The molecule has 2 unspecified atom stereocenters. The van der Waals surface area contributed by atoms with Gasteiger partial charge in [0.05, 0.1) is 11.7 Å². The molecule has 0 bridgehead atoms. The van der Waals surface area contributed by atoms with Crippen molar-refractivity contribution in [2.24, 2.45) is 23.2 Å². The van der Waals surface area contributed by atoms with Gasteiger partial charge in [-0.15, -0.1) is 0 Å². The first-order valence-electron chi connectivity index (χ1n) is 13.7. The number of hydrogen-bond acceptors (Lipinski definition) is 3. The molecule has 5 atom stereocenters.